The Bertz CT molecular complexity index is 1700. The van der Waals surface area contributed by atoms with E-state index in [1.807, 2.05) is 0 Å². The number of benzene rings is 4. The molecule has 237 valence electrons. The van der Waals surface area contributed by atoms with Crippen molar-refractivity contribution < 1.29 is 20.9 Å². The van der Waals surface area contributed by atoms with Crippen molar-refractivity contribution in [3.8, 4) is 22.3 Å². The number of fused-ring (bicyclic) bond motifs is 2. The van der Waals surface area contributed by atoms with E-state index in [0.29, 0.717) is 19.1 Å². The first kappa shape index (κ1) is 33.4. The summed E-state index contributed by atoms with van der Waals surface area (Å²) in [6.45, 7) is 24.3. The van der Waals surface area contributed by atoms with Crippen molar-refractivity contribution in [2.24, 2.45) is 11.8 Å². The SMILES string of the molecule is Cc1cccc(-c2cccc3c2C=C(CC(C)C)[CH]3[Zr]([CH]2C(CC(C)C)=Cc3c(-c4cccc(C)c4C)cccc32)[SiH](C)C)c1C. The maximum atomic E-state index is 2.72. The van der Waals surface area contributed by atoms with Gasteiger partial charge in [-0.05, 0) is 0 Å². The van der Waals surface area contributed by atoms with Crippen LogP contribution in [0.25, 0.3) is 34.4 Å². The van der Waals surface area contributed by atoms with Crippen LogP contribution in [0, 0.1) is 39.5 Å². The summed E-state index contributed by atoms with van der Waals surface area (Å²) in [5.74, 6) is 0.334. The zero-order valence-corrected chi connectivity index (χ0v) is 33.5. The molecule has 0 amide bonds. The van der Waals surface area contributed by atoms with Crippen molar-refractivity contribution in [1.82, 2.24) is 0 Å². The van der Waals surface area contributed by atoms with Crippen molar-refractivity contribution in [2.45, 2.75) is 88.6 Å². The molecule has 4 aromatic carbocycles. The van der Waals surface area contributed by atoms with Gasteiger partial charge in [-0.3, -0.25) is 0 Å². The summed E-state index contributed by atoms with van der Waals surface area (Å²) in [6.07, 6.45) is 7.79. The molecule has 0 radical (unpaired) electrons. The summed E-state index contributed by atoms with van der Waals surface area (Å²) < 4.78 is 1.32. The fourth-order valence-electron chi connectivity index (χ4n) is 8.40. The molecule has 0 saturated carbocycles. The van der Waals surface area contributed by atoms with Gasteiger partial charge in [-0.15, -0.1) is 0 Å². The minimum absolute atomic E-state index is 0.656. The second-order valence-electron chi connectivity index (χ2n) is 15.3. The average Bonchev–Trinajstić information content (AvgIpc) is 3.53. The van der Waals surface area contributed by atoms with E-state index >= 15 is 0 Å². The number of allylic oxidation sites excluding steroid dienone is 2. The quantitative estimate of drug-likeness (QED) is 0.153. The number of hydrogen-bond donors (Lipinski definition) is 0. The standard InChI is InChI=1S/2C21H23.C2H7Si.Zr/c2*1-14(2)11-17-12-18-8-6-10-20(21(18)13-17)19-9-5-7-15(3)16(19)4;1-3-2;/h2*5-10,12-14H,11H2,1-4H3;3H,1-2H3;. The molecule has 4 aromatic rings. The van der Waals surface area contributed by atoms with Crippen LogP contribution < -0.4 is 0 Å². The average molecular weight is 701 g/mol. The van der Waals surface area contributed by atoms with E-state index in [2.05, 4.69) is 153 Å². The summed E-state index contributed by atoms with van der Waals surface area (Å²) in [5.41, 5.74) is 21.2. The fourth-order valence-corrected chi connectivity index (χ4v) is 31.1. The second-order valence-corrected chi connectivity index (χ2v) is 35.3. The van der Waals surface area contributed by atoms with E-state index in [4.69, 9.17) is 0 Å². The van der Waals surface area contributed by atoms with Crippen LogP contribution in [0.4, 0.5) is 0 Å². The van der Waals surface area contributed by atoms with Crippen LogP contribution >= 0.6 is 0 Å². The van der Waals surface area contributed by atoms with Crippen molar-refractivity contribution in [3.63, 3.8) is 0 Å². The van der Waals surface area contributed by atoms with Crippen molar-refractivity contribution >= 4 is 18.1 Å². The van der Waals surface area contributed by atoms with Gasteiger partial charge in [0.05, 0.1) is 0 Å². The molecule has 0 aromatic heterocycles. The van der Waals surface area contributed by atoms with Gasteiger partial charge in [0.15, 0.2) is 0 Å². The van der Waals surface area contributed by atoms with E-state index in [9.17, 15) is 0 Å². The predicted octanol–water partition coefficient (Wildman–Crippen LogP) is 12.5. The molecule has 2 atom stereocenters. The van der Waals surface area contributed by atoms with E-state index < -0.39 is 26.8 Å². The van der Waals surface area contributed by atoms with Crippen LogP contribution in [-0.4, -0.2) is 5.92 Å². The Morgan fingerprint density at radius 1 is 0.543 bits per heavy atom. The van der Waals surface area contributed by atoms with Crippen molar-refractivity contribution in [3.05, 3.63) is 128 Å². The Morgan fingerprint density at radius 2 is 0.913 bits per heavy atom. The fraction of sp³-hybridized carbons (Fsp3) is 0.364. The Balaban J connectivity index is 1.55. The molecule has 0 spiro atoms. The zero-order valence-electron chi connectivity index (χ0n) is 29.9. The Hall–Kier alpha value is -2.54. The molecule has 2 heteroatoms. The van der Waals surface area contributed by atoms with E-state index in [1.165, 1.54) is 68.5 Å². The second kappa shape index (κ2) is 13.5. The first-order chi connectivity index (χ1) is 22.0. The molecular weight excluding hydrogens is 648 g/mol. The molecule has 0 fully saturated rings. The van der Waals surface area contributed by atoms with Gasteiger partial charge in [-0.2, -0.15) is 0 Å². The first-order valence-corrected chi connectivity index (χ1v) is 27.6. The van der Waals surface area contributed by atoms with Gasteiger partial charge in [0.25, 0.3) is 0 Å². The predicted molar refractivity (Wildman–Crippen MR) is 202 cm³/mol. The van der Waals surface area contributed by atoms with E-state index in [-0.39, 0.29) is 0 Å². The van der Waals surface area contributed by atoms with Gasteiger partial charge in [0.2, 0.25) is 0 Å². The van der Waals surface area contributed by atoms with Gasteiger partial charge >= 0.3 is 290 Å². The van der Waals surface area contributed by atoms with Gasteiger partial charge in [-0.25, -0.2) is 0 Å². The van der Waals surface area contributed by atoms with Gasteiger partial charge in [0, 0.05) is 0 Å². The third-order valence-corrected chi connectivity index (χ3v) is 32.5. The van der Waals surface area contributed by atoms with E-state index in [1.54, 1.807) is 22.3 Å². The number of hydrogen-bond acceptors (Lipinski definition) is 0. The normalized spacial score (nSPS) is 17.1. The summed E-state index contributed by atoms with van der Waals surface area (Å²) in [5, 5.41) is 0. The number of rotatable bonds is 9. The zero-order chi connectivity index (χ0) is 32.9. The molecule has 2 unspecified atom stereocenters. The minimum atomic E-state index is -2.22. The third kappa shape index (κ3) is 6.10. The molecule has 46 heavy (non-hydrogen) atoms. The van der Waals surface area contributed by atoms with E-state index in [0.717, 1.165) is 0 Å². The summed E-state index contributed by atoms with van der Waals surface area (Å²) >= 11 is -2.22. The molecule has 0 N–H and O–H groups in total. The van der Waals surface area contributed by atoms with Crippen molar-refractivity contribution in [2.75, 3.05) is 0 Å². The van der Waals surface area contributed by atoms with Crippen LogP contribution in [0.5, 0.6) is 0 Å². The van der Waals surface area contributed by atoms with Crippen LogP contribution in [-0.2, 0) is 20.9 Å². The topological polar surface area (TPSA) is 0 Å². The van der Waals surface area contributed by atoms with Crippen LogP contribution in [0.2, 0.25) is 13.1 Å². The summed E-state index contributed by atoms with van der Waals surface area (Å²) in [6, 6.07) is 28.3. The number of aryl methyl sites for hydroxylation is 2. The third-order valence-electron chi connectivity index (χ3n) is 10.7. The molecule has 0 saturated heterocycles. The first-order valence-electron chi connectivity index (χ1n) is 17.6. The van der Waals surface area contributed by atoms with Crippen LogP contribution in [0.1, 0.15) is 92.3 Å². The monoisotopic (exact) mass is 699 g/mol. The Labute approximate surface area is 288 Å². The molecule has 0 aliphatic heterocycles. The molecule has 0 bridgehead atoms. The molecule has 6 rings (SSSR count). The van der Waals surface area contributed by atoms with Crippen LogP contribution in [0.15, 0.2) is 83.9 Å². The molecule has 0 heterocycles. The Morgan fingerprint density at radius 3 is 1.28 bits per heavy atom. The molecule has 0 nitrogen and oxygen atoms in total. The van der Waals surface area contributed by atoms with Gasteiger partial charge in [-0.1, -0.05) is 0 Å². The maximum absolute atomic E-state index is 2.72. The summed E-state index contributed by atoms with van der Waals surface area (Å²) in [7, 11) is 0. The van der Waals surface area contributed by atoms with Crippen LogP contribution in [0.3, 0.4) is 0 Å². The Kier molecular flexibility index (Phi) is 9.81. The van der Waals surface area contributed by atoms with Gasteiger partial charge in [0.1, 0.15) is 0 Å². The van der Waals surface area contributed by atoms with Gasteiger partial charge < -0.3 is 0 Å². The molecule has 2 aliphatic rings. The summed E-state index contributed by atoms with van der Waals surface area (Å²) in [4.78, 5) is 0. The van der Waals surface area contributed by atoms with Crippen molar-refractivity contribution in [1.29, 1.82) is 0 Å². The molecular formula is C44H53SiZr. The molecule has 2 aliphatic carbocycles.